The van der Waals surface area contributed by atoms with Gasteiger partial charge in [-0.05, 0) is 31.5 Å². The number of aryl methyl sites for hydroxylation is 2. The third-order valence-corrected chi connectivity index (χ3v) is 4.44. The van der Waals surface area contributed by atoms with Gasteiger partial charge in [-0.2, -0.15) is 0 Å². The van der Waals surface area contributed by atoms with Crippen molar-refractivity contribution in [1.82, 2.24) is 14.8 Å². The summed E-state index contributed by atoms with van der Waals surface area (Å²) in [4.78, 5) is 38.4. The highest BCUT2D eigenvalue weighted by molar-refractivity contribution is 6.11. The number of nitrogens with zero attached hydrogens (tertiary/aromatic N) is 2. The summed E-state index contributed by atoms with van der Waals surface area (Å²) in [7, 11) is 1.75. The largest absolute Gasteiger partial charge is 0.348 e. The summed E-state index contributed by atoms with van der Waals surface area (Å²) in [5.41, 5.74) is 1.06. The molecule has 1 saturated heterocycles. The van der Waals surface area contributed by atoms with Crippen LogP contribution in [0.5, 0.6) is 0 Å². The van der Waals surface area contributed by atoms with E-state index in [1.165, 1.54) is 0 Å². The van der Waals surface area contributed by atoms with E-state index in [0.717, 1.165) is 10.5 Å². The number of carbonyl (C=O) groups is 3. The molecule has 2 aromatic rings. The van der Waals surface area contributed by atoms with Gasteiger partial charge in [-0.3, -0.25) is 14.5 Å². The van der Waals surface area contributed by atoms with Crippen molar-refractivity contribution < 1.29 is 14.4 Å². The van der Waals surface area contributed by atoms with Crippen LogP contribution in [0.25, 0.3) is 0 Å². The number of urea groups is 1. The molecule has 1 fully saturated rings. The topological polar surface area (TPSA) is 71.4 Å². The molecule has 0 spiro atoms. The highest BCUT2D eigenvalue weighted by atomic mass is 16.2. The van der Waals surface area contributed by atoms with Crippen LogP contribution in [-0.4, -0.2) is 33.7 Å². The van der Waals surface area contributed by atoms with Crippen molar-refractivity contribution in [1.29, 1.82) is 0 Å². The SMILES string of the molecule is Cc1ccc([C@@]2(C)NC(=O)N(CC(=O)c3cccn3C)C2=O)cc1. The van der Waals surface area contributed by atoms with Gasteiger partial charge < -0.3 is 9.88 Å². The fourth-order valence-corrected chi connectivity index (χ4v) is 2.90. The zero-order valence-electron chi connectivity index (χ0n) is 13.9. The Morgan fingerprint density at radius 2 is 1.83 bits per heavy atom. The number of Topliss-reactive ketones (excluding diaryl/α,β-unsaturated/α-hetero) is 1. The monoisotopic (exact) mass is 325 g/mol. The van der Waals surface area contributed by atoms with Gasteiger partial charge in [-0.25, -0.2) is 4.79 Å². The maximum atomic E-state index is 12.8. The molecule has 0 radical (unpaired) electrons. The molecule has 6 heteroatoms. The Hall–Kier alpha value is -2.89. The molecule has 6 nitrogen and oxygen atoms in total. The number of rotatable bonds is 4. The minimum Gasteiger partial charge on any atom is -0.348 e. The van der Waals surface area contributed by atoms with Crippen molar-refractivity contribution in [3.05, 3.63) is 59.4 Å². The second-order valence-electron chi connectivity index (χ2n) is 6.24. The van der Waals surface area contributed by atoms with Crippen molar-refractivity contribution in [2.45, 2.75) is 19.4 Å². The number of carbonyl (C=O) groups excluding carboxylic acids is 3. The van der Waals surface area contributed by atoms with E-state index in [1.807, 2.05) is 31.2 Å². The molecule has 1 atom stereocenters. The fraction of sp³-hybridized carbons (Fsp3) is 0.278. The maximum absolute atomic E-state index is 12.8. The van der Waals surface area contributed by atoms with E-state index in [4.69, 9.17) is 0 Å². The van der Waals surface area contributed by atoms with Crippen molar-refractivity contribution in [2.75, 3.05) is 6.54 Å². The Balaban J connectivity index is 1.85. The molecule has 2 heterocycles. The summed E-state index contributed by atoms with van der Waals surface area (Å²) in [5, 5.41) is 2.71. The van der Waals surface area contributed by atoms with Crippen molar-refractivity contribution in [2.24, 2.45) is 7.05 Å². The lowest BCUT2D eigenvalue weighted by Crippen LogP contribution is -2.41. The maximum Gasteiger partial charge on any atom is 0.325 e. The second-order valence-corrected chi connectivity index (χ2v) is 6.24. The lowest BCUT2D eigenvalue weighted by Gasteiger charge is -2.22. The third kappa shape index (κ3) is 2.50. The molecule has 0 bridgehead atoms. The summed E-state index contributed by atoms with van der Waals surface area (Å²) >= 11 is 0. The van der Waals surface area contributed by atoms with E-state index in [0.29, 0.717) is 11.3 Å². The number of aromatic nitrogens is 1. The van der Waals surface area contributed by atoms with Gasteiger partial charge in [0.25, 0.3) is 5.91 Å². The van der Waals surface area contributed by atoms with Gasteiger partial charge in [0.15, 0.2) is 5.78 Å². The highest BCUT2D eigenvalue weighted by Crippen LogP contribution is 2.29. The molecule has 1 aromatic carbocycles. The van der Waals surface area contributed by atoms with Gasteiger partial charge in [0.1, 0.15) is 5.54 Å². The van der Waals surface area contributed by atoms with E-state index in [2.05, 4.69) is 5.32 Å². The van der Waals surface area contributed by atoms with Gasteiger partial charge in [-0.15, -0.1) is 0 Å². The first-order chi connectivity index (χ1) is 11.3. The van der Waals surface area contributed by atoms with Gasteiger partial charge in [0, 0.05) is 13.2 Å². The molecule has 0 aliphatic carbocycles. The van der Waals surface area contributed by atoms with Gasteiger partial charge in [-0.1, -0.05) is 29.8 Å². The highest BCUT2D eigenvalue weighted by Gasteiger charge is 2.49. The number of amides is 3. The van der Waals surface area contributed by atoms with Gasteiger partial charge in [0.2, 0.25) is 0 Å². The van der Waals surface area contributed by atoms with E-state index >= 15 is 0 Å². The predicted molar refractivity (Wildman–Crippen MR) is 88.5 cm³/mol. The second kappa shape index (κ2) is 5.63. The normalized spacial score (nSPS) is 20.4. The molecule has 1 aliphatic rings. The third-order valence-electron chi connectivity index (χ3n) is 4.44. The minimum absolute atomic E-state index is 0.274. The molecule has 3 amide bonds. The zero-order chi connectivity index (χ0) is 17.5. The standard InChI is InChI=1S/C18H19N3O3/c1-12-6-8-13(9-7-12)18(2)16(23)21(17(24)19-18)11-15(22)14-5-4-10-20(14)3/h4-10H,11H2,1-3H3,(H,19,24)/t18-/m1/s1. The summed E-state index contributed by atoms with van der Waals surface area (Å²) in [6.07, 6.45) is 1.75. The lowest BCUT2D eigenvalue weighted by molar-refractivity contribution is -0.130. The Bertz CT molecular complexity index is 822. The van der Waals surface area contributed by atoms with Gasteiger partial charge in [0.05, 0.1) is 12.2 Å². The molecular formula is C18H19N3O3. The Morgan fingerprint density at radius 3 is 2.42 bits per heavy atom. The summed E-state index contributed by atoms with van der Waals surface area (Å²) < 4.78 is 1.67. The molecule has 24 heavy (non-hydrogen) atoms. The first-order valence-corrected chi connectivity index (χ1v) is 7.69. The van der Waals surface area contributed by atoms with Crippen molar-refractivity contribution >= 4 is 17.7 Å². The molecule has 1 N–H and O–H groups in total. The van der Waals surface area contributed by atoms with E-state index in [-0.39, 0.29) is 12.3 Å². The molecule has 1 aromatic heterocycles. The molecule has 3 rings (SSSR count). The zero-order valence-corrected chi connectivity index (χ0v) is 13.9. The van der Waals surface area contributed by atoms with Crippen molar-refractivity contribution in [3.8, 4) is 0 Å². The summed E-state index contributed by atoms with van der Waals surface area (Å²) in [6.45, 7) is 3.33. The van der Waals surface area contributed by atoms with E-state index < -0.39 is 17.5 Å². The Kier molecular flexibility index (Phi) is 3.75. The quantitative estimate of drug-likeness (QED) is 0.690. The number of ketones is 1. The van der Waals surface area contributed by atoms with Crippen LogP contribution < -0.4 is 5.32 Å². The van der Waals surface area contributed by atoms with Crippen LogP contribution >= 0.6 is 0 Å². The average molecular weight is 325 g/mol. The molecular weight excluding hydrogens is 306 g/mol. The first kappa shape index (κ1) is 16.0. The minimum atomic E-state index is -1.15. The molecule has 0 unspecified atom stereocenters. The van der Waals surface area contributed by atoms with Crippen LogP contribution in [-0.2, 0) is 17.4 Å². The molecule has 1 aliphatic heterocycles. The molecule has 0 saturated carbocycles. The number of imide groups is 1. The average Bonchev–Trinajstić information content (AvgIpc) is 3.05. The summed E-state index contributed by atoms with van der Waals surface area (Å²) in [6, 6.07) is 10.3. The predicted octanol–water partition coefficient (Wildman–Crippen LogP) is 1.98. The number of nitrogens with one attached hydrogen (secondary N) is 1. The van der Waals surface area contributed by atoms with Crippen LogP contribution in [0.15, 0.2) is 42.6 Å². The number of hydrogen-bond acceptors (Lipinski definition) is 3. The van der Waals surface area contributed by atoms with Crippen LogP contribution in [0.3, 0.4) is 0 Å². The van der Waals surface area contributed by atoms with Crippen LogP contribution in [0.4, 0.5) is 4.79 Å². The lowest BCUT2D eigenvalue weighted by atomic mass is 9.91. The first-order valence-electron chi connectivity index (χ1n) is 7.69. The summed E-state index contributed by atoms with van der Waals surface area (Å²) in [5.74, 6) is -0.696. The van der Waals surface area contributed by atoms with E-state index in [9.17, 15) is 14.4 Å². The van der Waals surface area contributed by atoms with Gasteiger partial charge >= 0.3 is 6.03 Å². The smallest absolute Gasteiger partial charge is 0.325 e. The number of hydrogen-bond donors (Lipinski definition) is 1. The van der Waals surface area contributed by atoms with E-state index in [1.54, 1.807) is 36.9 Å². The fourth-order valence-electron chi connectivity index (χ4n) is 2.90. The Labute approximate surface area is 140 Å². The van der Waals surface area contributed by atoms with Crippen LogP contribution in [0.2, 0.25) is 0 Å². The van der Waals surface area contributed by atoms with Crippen molar-refractivity contribution in [3.63, 3.8) is 0 Å². The van der Waals surface area contributed by atoms with Crippen LogP contribution in [0.1, 0.15) is 28.5 Å². The number of benzene rings is 1. The molecule has 124 valence electrons. The van der Waals surface area contributed by atoms with Crippen LogP contribution in [0, 0.1) is 6.92 Å². The Morgan fingerprint density at radius 1 is 1.17 bits per heavy atom.